The first-order valence-corrected chi connectivity index (χ1v) is 5.94. The Morgan fingerprint density at radius 2 is 2.14 bits per heavy atom. The molecule has 0 amide bonds. The summed E-state index contributed by atoms with van der Waals surface area (Å²) >= 11 is 0. The second-order valence-electron chi connectivity index (χ2n) is 5.00. The molecule has 3 unspecified atom stereocenters. The molecule has 0 aromatic rings. The fourth-order valence-corrected chi connectivity index (χ4v) is 2.53. The predicted molar refractivity (Wildman–Crippen MR) is 56.6 cm³/mol. The summed E-state index contributed by atoms with van der Waals surface area (Å²) in [5, 5.41) is 12.5. The maximum absolute atomic E-state index is 8.93. The molecule has 0 heterocycles. The summed E-state index contributed by atoms with van der Waals surface area (Å²) in [6.07, 6.45) is 6.39. The van der Waals surface area contributed by atoms with E-state index in [-0.39, 0.29) is 5.92 Å². The average Bonchev–Trinajstić information content (AvgIpc) is 2.94. The van der Waals surface area contributed by atoms with E-state index in [2.05, 4.69) is 18.3 Å². The van der Waals surface area contributed by atoms with Crippen molar-refractivity contribution in [3.8, 4) is 6.07 Å². The lowest BCUT2D eigenvalue weighted by atomic mass is 10.0. The van der Waals surface area contributed by atoms with Crippen molar-refractivity contribution in [2.24, 2.45) is 17.8 Å². The summed E-state index contributed by atoms with van der Waals surface area (Å²) < 4.78 is 0. The van der Waals surface area contributed by atoms with Gasteiger partial charge in [0.15, 0.2) is 0 Å². The number of hydrogen-bond donors (Lipinski definition) is 1. The molecule has 3 atom stereocenters. The molecule has 0 bridgehead atoms. The smallest absolute Gasteiger partial charge is 0.0672 e. The van der Waals surface area contributed by atoms with Gasteiger partial charge in [0.05, 0.1) is 12.0 Å². The van der Waals surface area contributed by atoms with E-state index in [0.717, 1.165) is 24.8 Å². The van der Waals surface area contributed by atoms with Gasteiger partial charge in [-0.2, -0.15) is 5.26 Å². The third-order valence-corrected chi connectivity index (χ3v) is 3.81. The molecule has 0 aliphatic heterocycles. The van der Waals surface area contributed by atoms with Crippen LogP contribution in [0, 0.1) is 29.1 Å². The number of nitrogens with zero attached hydrogens (tertiary/aromatic N) is 1. The van der Waals surface area contributed by atoms with Crippen LogP contribution in [0.2, 0.25) is 0 Å². The lowest BCUT2D eigenvalue weighted by Crippen LogP contribution is -2.35. The highest BCUT2D eigenvalue weighted by molar-refractivity contribution is 4.96. The zero-order chi connectivity index (χ0) is 9.97. The molecule has 14 heavy (non-hydrogen) atoms. The molecule has 0 radical (unpaired) electrons. The normalized spacial score (nSPS) is 34.0. The minimum Gasteiger partial charge on any atom is -0.312 e. The van der Waals surface area contributed by atoms with Crippen molar-refractivity contribution in [2.75, 3.05) is 6.54 Å². The Kier molecular flexibility index (Phi) is 3.08. The van der Waals surface area contributed by atoms with Gasteiger partial charge in [-0.15, -0.1) is 0 Å². The maximum atomic E-state index is 8.93. The van der Waals surface area contributed by atoms with Gasteiger partial charge >= 0.3 is 0 Å². The standard InChI is InChI=1S/C12H20N2/c1-9(10-5-6-10)8-14-12-4-2-3-11(12)7-13/h9-12,14H,2-6,8H2,1H3. The second-order valence-corrected chi connectivity index (χ2v) is 5.00. The molecule has 2 aliphatic rings. The Balaban J connectivity index is 1.71. The fraction of sp³-hybridized carbons (Fsp3) is 0.917. The van der Waals surface area contributed by atoms with Crippen LogP contribution in [0.4, 0.5) is 0 Å². The highest BCUT2D eigenvalue weighted by atomic mass is 14.9. The summed E-state index contributed by atoms with van der Waals surface area (Å²) in [7, 11) is 0. The van der Waals surface area contributed by atoms with Crippen molar-refractivity contribution >= 4 is 0 Å². The number of nitrogens with one attached hydrogen (secondary N) is 1. The lowest BCUT2D eigenvalue weighted by molar-refractivity contribution is 0.392. The third kappa shape index (κ3) is 2.27. The SMILES string of the molecule is CC(CNC1CCCC1C#N)C1CC1. The molecular formula is C12H20N2. The molecule has 2 heteroatoms. The van der Waals surface area contributed by atoms with Gasteiger partial charge in [0, 0.05) is 6.04 Å². The van der Waals surface area contributed by atoms with E-state index in [4.69, 9.17) is 5.26 Å². The van der Waals surface area contributed by atoms with Gasteiger partial charge in [0.1, 0.15) is 0 Å². The molecule has 0 aromatic heterocycles. The first-order chi connectivity index (χ1) is 6.81. The topological polar surface area (TPSA) is 35.8 Å². The third-order valence-electron chi connectivity index (χ3n) is 3.81. The highest BCUT2D eigenvalue weighted by Crippen LogP contribution is 2.36. The molecule has 0 aromatic carbocycles. The van der Waals surface area contributed by atoms with Crippen LogP contribution in [0.5, 0.6) is 0 Å². The van der Waals surface area contributed by atoms with Crippen molar-refractivity contribution in [1.82, 2.24) is 5.32 Å². The van der Waals surface area contributed by atoms with E-state index in [1.807, 2.05) is 0 Å². The van der Waals surface area contributed by atoms with E-state index in [9.17, 15) is 0 Å². The van der Waals surface area contributed by atoms with Gasteiger partial charge in [0.25, 0.3) is 0 Å². The van der Waals surface area contributed by atoms with Crippen molar-refractivity contribution in [2.45, 2.75) is 45.1 Å². The van der Waals surface area contributed by atoms with Crippen LogP contribution in [0.3, 0.4) is 0 Å². The van der Waals surface area contributed by atoms with Crippen LogP contribution in [0.15, 0.2) is 0 Å². The zero-order valence-electron chi connectivity index (χ0n) is 9.00. The minimum atomic E-state index is 0.279. The number of rotatable bonds is 4. The van der Waals surface area contributed by atoms with Gasteiger partial charge in [-0.05, 0) is 44.1 Å². The first-order valence-electron chi connectivity index (χ1n) is 5.94. The monoisotopic (exact) mass is 192 g/mol. The van der Waals surface area contributed by atoms with E-state index in [1.165, 1.54) is 25.7 Å². The summed E-state index contributed by atoms with van der Waals surface area (Å²) in [4.78, 5) is 0. The summed E-state index contributed by atoms with van der Waals surface area (Å²) in [6, 6.07) is 2.91. The van der Waals surface area contributed by atoms with Crippen LogP contribution in [-0.2, 0) is 0 Å². The van der Waals surface area contributed by atoms with E-state index >= 15 is 0 Å². The van der Waals surface area contributed by atoms with Crippen LogP contribution in [-0.4, -0.2) is 12.6 Å². The Morgan fingerprint density at radius 3 is 2.79 bits per heavy atom. The molecule has 2 saturated carbocycles. The van der Waals surface area contributed by atoms with Gasteiger partial charge in [0.2, 0.25) is 0 Å². The molecular weight excluding hydrogens is 172 g/mol. The zero-order valence-corrected chi connectivity index (χ0v) is 9.00. The Labute approximate surface area is 86.7 Å². The highest BCUT2D eigenvalue weighted by Gasteiger charge is 2.30. The number of hydrogen-bond acceptors (Lipinski definition) is 2. The predicted octanol–water partition coefficient (Wildman–Crippen LogP) is 2.31. The molecule has 78 valence electrons. The van der Waals surface area contributed by atoms with E-state index in [1.54, 1.807) is 0 Å². The molecule has 2 fully saturated rings. The summed E-state index contributed by atoms with van der Waals surface area (Å²) in [5.74, 6) is 2.07. The number of nitriles is 1. The molecule has 2 nitrogen and oxygen atoms in total. The minimum absolute atomic E-state index is 0.279. The van der Waals surface area contributed by atoms with Crippen molar-refractivity contribution in [1.29, 1.82) is 5.26 Å². The Morgan fingerprint density at radius 1 is 1.36 bits per heavy atom. The van der Waals surface area contributed by atoms with Crippen molar-refractivity contribution in [3.63, 3.8) is 0 Å². The van der Waals surface area contributed by atoms with Crippen molar-refractivity contribution < 1.29 is 0 Å². The van der Waals surface area contributed by atoms with Crippen molar-refractivity contribution in [3.05, 3.63) is 0 Å². The van der Waals surface area contributed by atoms with Crippen LogP contribution in [0.1, 0.15) is 39.0 Å². The van der Waals surface area contributed by atoms with Gasteiger partial charge in [-0.1, -0.05) is 13.3 Å². The summed E-state index contributed by atoms with van der Waals surface area (Å²) in [5.41, 5.74) is 0. The van der Waals surface area contributed by atoms with Crippen LogP contribution in [0.25, 0.3) is 0 Å². The summed E-state index contributed by atoms with van der Waals surface area (Å²) in [6.45, 7) is 3.45. The van der Waals surface area contributed by atoms with Crippen LogP contribution >= 0.6 is 0 Å². The van der Waals surface area contributed by atoms with Gasteiger partial charge in [-0.25, -0.2) is 0 Å². The molecule has 2 aliphatic carbocycles. The molecule has 0 spiro atoms. The maximum Gasteiger partial charge on any atom is 0.0672 e. The van der Waals surface area contributed by atoms with Crippen LogP contribution < -0.4 is 5.32 Å². The molecule has 2 rings (SSSR count). The molecule has 0 saturated heterocycles. The van der Waals surface area contributed by atoms with E-state index < -0.39 is 0 Å². The first kappa shape index (κ1) is 9.98. The average molecular weight is 192 g/mol. The Bertz CT molecular complexity index is 227. The lowest BCUT2D eigenvalue weighted by Gasteiger charge is -2.18. The largest absolute Gasteiger partial charge is 0.312 e. The molecule has 1 N–H and O–H groups in total. The second kappa shape index (κ2) is 4.31. The van der Waals surface area contributed by atoms with Gasteiger partial charge < -0.3 is 5.32 Å². The Hall–Kier alpha value is -0.550. The van der Waals surface area contributed by atoms with E-state index in [0.29, 0.717) is 6.04 Å². The van der Waals surface area contributed by atoms with Gasteiger partial charge in [-0.3, -0.25) is 0 Å². The quantitative estimate of drug-likeness (QED) is 0.742. The fourth-order valence-electron chi connectivity index (χ4n) is 2.53.